The van der Waals surface area contributed by atoms with Crippen molar-refractivity contribution in [2.75, 3.05) is 32.6 Å². The fraction of sp³-hybridized carbons (Fsp3) is 0.446. The van der Waals surface area contributed by atoms with Gasteiger partial charge in [0.15, 0.2) is 64.2 Å². The fourth-order valence-electron chi connectivity index (χ4n) is 19.0. The molecular formula is C74H73F15N4O15S6. The van der Waals surface area contributed by atoms with Crippen LogP contribution in [0.1, 0.15) is 104 Å². The number of aliphatic hydroxyl groups excluding tert-OH is 1. The standard InChI is InChI=1S/C25H25F5N2O5S2.C25H24F5NO6S2.C24H24F5NO4S2/c1-13(31)10-16-11-17-18-12-37-23-20(27)7-6-19(26)22(23)24(18,9-8-21(17)32-39(16,35)36)38(33,34)15-4-2-14(3-5-15)25(28,29)30;1-13(32)10-16-11-17-18-12-37-23-20(27)7-6-19(26)22(23)24(18,9-8-21(17)31-39(16,35)36)38(33,34)15-4-2-14(3-5-15)25(28,29)30;1-30-20-9-11-23(36(32,33)15-5-3-14(4-6-15)24(27,28)29)17(16(20)10-12-35(30,2)31)13-34-22-19(26)8-7-18(25)21(22)23/h2-7,16-18,21,32H,1,8-12,31H2;2-7,16-18,21,31-32H,1,8-12H2;3-8,16-17,20H,2,9-13H2,1H3/t2*16-,17?,18+,21-,24+;16?,17-,20+,23-,35?/m110/s1. The van der Waals surface area contributed by atoms with Crippen LogP contribution in [-0.4, -0.2) is 123 Å². The molecule has 0 bridgehead atoms. The van der Waals surface area contributed by atoms with Crippen molar-refractivity contribution in [3.05, 3.63) is 202 Å². The number of hydrogen-bond donors (Lipinski definition) is 4. The summed E-state index contributed by atoms with van der Waals surface area (Å²) < 4.78 is 377. The molecule has 0 amide bonds. The van der Waals surface area contributed by atoms with E-state index >= 15 is 13.2 Å². The lowest BCUT2D eigenvalue weighted by atomic mass is 9.64. The average molecular weight is 1740 g/mol. The second kappa shape index (κ2) is 29.2. The molecule has 114 heavy (non-hydrogen) atoms. The molecule has 6 aliphatic heterocycles. The maximum atomic E-state index is 15.5. The average Bonchev–Trinajstić information content (AvgIpc) is 0.701. The number of allylic oxidation sites excluding steroid dienone is 2. The van der Waals surface area contributed by atoms with Gasteiger partial charge in [-0.1, -0.05) is 13.2 Å². The minimum atomic E-state index is -4.73. The van der Waals surface area contributed by atoms with Crippen molar-refractivity contribution in [1.29, 1.82) is 0 Å². The third-order valence-corrected chi connectivity index (χ3v) is 37.8. The first-order valence-corrected chi connectivity index (χ1v) is 44.8. The largest absolute Gasteiger partial charge is 0.513 e. The van der Waals surface area contributed by atoms with E-state index in [-0.39, 0.29) is 94.9 Å². The first-order chi connectivity index (χ1) is 52.9. The Hall–Kier alpha value is -7.60. The van der Waals surface area contributed by atoms with Gasteiger partial charge >= 0.3 is 18.5 Å². The van der Waals surface area contributed by atoms with E-state index in [4.69, 9.17) is 19.9 Å². The van der Waals surface area contributed by atoms with E-state index in [0.29, 0.717) is 42.8 Å². The zero-order valence-electron chi connectivity index (χ0n) is 59.8. The third-order valence-electron chi connectivity index (χ3n) is 24.2. The molecular weight excluding hydrogens is 1660 g/mol. The number of ether oxygens (including phenoxy) is 3. The van der Waals surface area contributed by atoms with Crippen LogP contribution in [-0.2, 0) is 92.0 Å². The number of rotatable bonds is 10. The Bertz CT molecular complexity index is 5360. The van der Waals surface area contributed by atoms with Crippen molar-refractivity contribution in [3.63, 3.8) is 0 Å². The van der Waals surface area contributed by atoms with Crippen molar-refractivity contribution in [1.82, 2.24) is 13.7 Å². The Morgan fingerprint density at radius 1 is 0.482 bits per heavy atom. The number of halogens is 15. The lowest BCUT2D eigenvalue weighted by molar-refractivity contribution is -0.138. The first-order valence-electron chi connectivity index (χ1n) is 35.4. The second-order valence-electron chi connectivity index (χ2n) is 30.1. The molecule has 3 saturated heterocycles. The quantitative estimate of drug-likeness (QED) is 0.0563. The molecule has 620 valence electrons. The highest BCUT2D eigenvalue weighted by Crippen LogP contribution is 2.64. The van der Waals surface area contributed by atoms with E-state index in [1.807, 2.05) is 0 Å². The van der Waals surface area contributed by atoms with Crippen LogP contribution in [0.15, 0.2) is 148 Å². The smallest absolute Gasteiger partial charge is 0.416 e. The Kier molecular flexibility index (Phi) is 21.6. The number of benzene rings is 6. The van der Waals surface area contributed by atoms with Gasteiger partial charge in [0.2, 0.25) is 20.0 Å². The van der Waals surface area contributed by atoms with Crippen molar-refractivity contribution >= 4 is 65.1 Å². The maximum Gasteiger partial charge on any atom is 0.416 e. The molecule has 3 saturated carbocycles. The topological polar surface area (TPSA) is 289 Å². The minimum absolute atomic E-state index is 0.0497. The third kappa shape index (κ3) is 13.9. The molecule has 19 nitrogen and oxygen atoms in total. The highest BCUT2D eigenvalue weighted by atomic mass is 32.2. The van der Waals surface area contributed by atoms with Crippen LogP contribution in [0.25, 0.3) is 0 Å². The summed E-state index contributed by atoms with van der Waals surface area (Å²) in [7, 11) is -22.7. The summed E-state index contributed by atoms with van der Waals surface area (Å²) in [6, 6.07) is 11.7. The molecule has 15 rings (SSSR count). The van der Waals surface area contributed by atoms with E-state index in [1.165, 1.54) is 0 Å². The zero-order valence-corrected chi connectivity index (χ0v) is 64.7. The molecule has 40 heteroatoms. The van der Waals surface area contributed by atoms with Gasteiger partial charge in [-0.25, -0.2) is 82.2 Å². The van der Waals surface area contributed by atoms with E-state index in [0.717, 1.165) is 72.8 Å². The van der Waals surface area contributed by atoms with Crippen molar-refractivity contribution in [2.45, 2.75) is 147 Å². The zero-order chi connectivity index (χ0) is 83.3. The molecule has 0 aromatic heterocycles. The van der Waals surface area contributed by atoms with E-state index < -0.39 is 263 Å². The summed E-state index contributed by atoms with van der Waals surface area (Å²) in [5.74, 6) is -8.96. The molecule has 3 aliphatic carbocycles. The summed E-state index contributed by atoms with van der Waals surface area (Å²) in [6.45, 7) is 5.87. The molecule has 15 atom stereocenters. The van der Waals surface area contributed by atoms with Gasteiger partial charge in [-0.2, -0.15) is 39.5 Å². The molecule has 6 fully saturated rings. The molecule has 0 radical (unpaired) electrons. The van der Waals surface area contributed by atoms with E-state index in [9.17, 15) is 104 Å². The lowest BCUT2D eigenvalue weighted by Gasteiger charge is -2.56. The molecule has 6 heterocycles. The fourth-order valence-corrected chi connectivity index (χ4v) is 31.5. The molecule has 9 aliphatic rings. The SMILES string of the molecule is C=C(N)C[C@@H]1CC2[C@@H](CC[C@@]3(S(=O)(=O)c4ccc(C(F)(F)F)cc4)c4c(F)ccc(F)c4OC[C@@H]23)NS1(=O)=O.C=C(O)C[C@@H]1CC2[C@@H](CC[C@@]3(S(=O)(=O)c4ccc(C(F)(F)F)cc4)c4c(F)ccc(F)c4OC[C@@H]23)NS1(=O)=O.C=S1(=O)CCC2[C@@H](CC[C@@]3(S(=O)(=O)c4ccc(C(F)(F)F)cc4)c4c(F)ccc(F)c4OC[C@@H]23)N1C. The Morgan fingerprint density at radius 2 is 0.781 bits per heavy atom. The van der Waals surface area contributed by atoms with Crippen LogP contribution in [0, 0.1) is 70.4 Å². The molecule has 6 aromatic carbocycles. The van der Waals surface area contributed by atoms with Crippen molar-refractivity contribution in [3.8, 4) is 17.2 Å². The number of fused-ring (bicyclic) bond motifs is 15. The second-order valence-corrected chi connectivity index (χ2v) is 43.2. The summed E-state index contributed by atoms with van der Waals surface area (Å²) in [4.78, 5) is -1.44. The number of nitrogens with two attached hydrogens (primary N) is 1. The highest BCUT2D eigenvalue weighted by Gasteiger charge is 2.68. The van der Waals surface area contributed by atoms with Crippen LogP contribution in [0.4, 0.5) is 65.9 Å². The van der Waals surface area contributed by atoms with E-state index in [2.05, 4.69) is 28.5 Å². The van der Waals surface area contributed by atoms with Gasteiger partial charge in [0.05, 0.1) is 84.1 Å². The number of nitrogens with zero attached hydrogens (tertiary/aromatic N) is 1. The van der Waals surface area contributed by atoms with Gasteiger partial charge in [0.25, 0.3) is 0 Å². The van der Waals surface area contributed by atoms with Crippen molar-refractivity contribution in [2.24, 2.45) is 41.2 Å². The van der Waals surface area contributed by atoms with Crippen LogP contribution in [0.5, 0.6) is 17.2 Å². The minimum Gasteiger partial charge on any atom is -0.513 e. The van der Waals surface area contributed by atoms with Gasteiger partial charge in [0.1, 0.15) is 31.7 Å². The van der Waals surface area contributed by atoms with Crippen LogP contribution < -0.4 is 29.4 Å². The molecule has 5 N–H and O–H groups in total. The van der Waals surface area contributed by atoms with Crippen LogP contribution >= 0.6 is 0 Å². The summed E-state index contributed by atoms with van der Waals surface area (Å²) in [5, 5.41) is 7.46. The molecule has 6 aromatic rings. The van der Waals surface area contributed by atoms with E-state index in [1.54, 1.807) is 11.4 Å². The van der Waals surface area contributed by atoms with Gasteiger partial charge in [-0.3, -0.25) is 4.21 Å². The van der Waals surface area contributed by atoms with Crippen molar-refractivity contribution < 1.29 is 131 Å². The molecule has 4 unspecified atom stereocenters. The monoisotopic (exact) mass is 1730 g/mol. The lowest BCUT2D eigenvalue weighted by Crippen LogP contribution is -2.63. The summed E-state index contributed by atoms with van der Waals surface area (Å²) in [6.07, 6.45) is -15.2. The van der Waals surface area contributed by atoms with Gasteiger partial charge in [0, 0.05) is 69.9 Å². The Balaban J connectivity index is 0.000000149. The number of sulfonamides is 2. The van der Waals surface area contributed by atoms with Gasteiger partial charge in [-0.15, -0.1) is 0 Å². The normalized spacial score (nSPS) is 30.8. The maximum absolute atomic E-state index is 15.5. The first kappa shape index (κ1) is 84.3. The highest BCUT2D eigenvalue weighted by molar-refractivity contribution is 7.98. The van der Waals surface area contributed by atoms with Gasteiger partial charge < -0.3 is 25.1 Å². The predicted molar refractivity (Wildman–Crippen MR) is 384 cm³/mol. The number of alkyl halides is 9. The summed E-state index contributed by atoms with van der Waals surface area (Å²) >= 11 is 0. The number of hydrogen-bond acceptors (Lipinski definition) is 16. The van der Waals surface area contributed by atoms with Crippen LogP contribution in [0.3, 0.4) is 0 Å². The number of aliphatic hydroxyl groups is 1. The summed E-state index contributed by atoms with van der Waals surface area (Å²) in [5.41, 5.74) is 1.07. The van der Waals surface area contributed by atoms with Crippen LogP contribution in [0.2, 0.25) is 0 Å². The van der Waals surface area contributed by atoms with Gasteiger partial charge in [-0.05, 0) is 198 Å². The Morgan fingerprint density at radius 3 is 1.09 bits per heavy atom. The Labute approximate surface area is 646 Å². The number of sulfone groups is 3. The predicted octanol–water partition coefficient (Wildman–Crippen LogP) is 13.0. The molecule has 0 spiro atoms. The number of nitrogens with one attached hydrogen (secondary N) is 2.